The molecule has 0 bridgehead atoms. The van der Waals surface area contributed by atoms with Gasteiger partial charge in [0.05, 0.1) is 12.8 Å². The molecule has 7 heteroatoms. The van der Waals surface area contributed by atoms with Crippen molar-refractivity contribution in [2.24, 2.45) is 0 Å². The first kappa shape index (κ1) is 28.4. The number of carbonyl (C=O) groups excluding carboxylic acids is 2. The maximum Gasteiger partial charge on any atom is 0.254 e. The lowest BCUT2D eigenvalue weighted by atomic mass is 10.1. The Labute approximate surface area is 246 Å². The van der Waals surface area contributed by atoms with E-state index in [1.165, 1.54) is 5.56 Å². The van der Waals surface area contributed by atoms with Gasteiger partial charge in [0, 0.05) is 29.6 Å². The summed E-state index contributed by atoms with van der Waals surface area (Å²) in [6.45, 7) is 6.24. The van der Waals surface area contributed by atoms with Crippen molar-refractivity contribution in [2.45, 2.75) is 27.3 Å². The second kappa shape index (κ2) is 12.6. The second-order valence-electron chi connectivity index (χ2n) is 10.4. The van der Waals surface area contributed by atoms with Gasteiger partial charge in [-0.2, -0.15) is 0 Å². The van der Waals surface area contributed by atoms with Crippen LogP contribution >= 0.6 is 0 Å². The number of imidazole rings is 1. The summed E-state index contributed by atoms with van der Waals surface area (Å²) in [4.78, 5) is 33.5. The zero-order valence-electron chi connectivity index (χ0n) is 24.3. The molecule has 0 radical (unpaired) electrons. The molecule has 1 heterocycles. The molecule has 0 saturated carbocycles. The highest BCUT2D eigenvalue weighted by atomic mass is 16.5. The molecule has 4 aromatic carbocycles. The highest BCUT2D eigenvalue weighted by Gasteiger charge is 2.21. The fourth-order valence-corrected chi connectivity index (χ4v) is 4.66. The van der Waals surface area contributed by atoms with E-state index in [4.69, 9.17) is 9.72 Å². The van der Waals surface area contributed by atoms with Gasteiger partial charge in [0.1, 0.15) is 12.3 Å². The standard InChI is InChI=1S/C35H34N4O3/c1-24-10-13-29(14-11-24)34(41)38(21-27-8-6-5-7-9-27)23-33(40)37-35-36-32(28-15-18-31(42-4)19-16-28)22-39(35)30-17-12-25(2)26(3)20-30/h5-20,22H,21,23H2,1-4H3,(H,36,37,40). The van der Waals surface area contributed by atoms with Crippen molar-refractivity contribution in [2.75, 3.05) is 19.0 Å². The topological polar surface area (TPSA) is 76.5 Å². The van der Waals surface area contributed by atoms with Crippen molar-refractivity contribution in [3.05, 3.63) is 131 Å². The van der Waals surface area contributed by atoms with E-state index in [1.807, 2.05) is 96.6 Å². The number of anilines is 1. The number of amides is 2. The van der Waals surface area contributed by atoms with Crippen LogP contribution in [0.4, 0.5) is 5.95 Å². The van der Waals surface area contributed by atoms with E-state index in [9.17, 15) is 9.59 Å². The number of aromatic nitrogens is 2. The molecule has 0 atom stereocenters. The Morgan fingerprint density at radius 2 is 1.57 bits per heavy atom. The fourth-order valence-electron chi connectivity index (χ4n) is 4.66. The lowest BCUT2D eigenvalue weighted by Crippen LogP contribution is -2.38. The van der Waals surface area contributed by atoms with Gasteiger partial charge in [0.15, 0.2) is 0 Å². The number of ether oxygens (including phenoxy) is 1. The highest BCUT2D eigenvalue weighted by Crippen LogP contribution is 2.27. The van der Waals surface area contributed by atoms with E-state index in [1.54, 1.807) is 24.1 Å². The average molecular weight is 559 g/mol. The van der Waals surface area contributed by atoms with E-state index in [2.05, 4.69) is 25.2 Å². The van der Waals surface area contributed by atoms with Gasteiger partial charge in [0.25, 0.3) is 5.91 Å². The Hall–Kier alpha value is -5.17. The minimum Gasteiger partial charge on any atom is -0.497 e. The smallest absolute Gasteiger partial charge is 0.254 e. The van der Waals surface area contributed by atoms with Crippen LogP contribution < -0.4 is 10.1 Å². The first-order chi connectivity index (χ1) is 20.3. The number of hydrogen-bond acceptors (Lipinski definition) is 4. The molecule has 7 nitrogen and oxygen atoms in total. The van der Waals surface area contributed by atoms with Crippen LogP contribution in [0.5, 0.6) is 5.75 Å². The molecule has 0 aliphatic rings. The monoisotopic (exact) mass is 558 g/mol. The van der Waals surface area contributed by atoms with Gasteiger partial charge in [0.2, 0.25) is 11.9 Å². The quantitative estimate of drug-likeness (QED) is 0.217. The average Bonchev–Trinajstić information content (AvgIpc) is 3.42. The van der Waals surface area contributed by atoms with Crippen LogP contribution in [-0.4, -0.2) is 39.9 Å². The van der Waals surface area contributed by atoms with Crippen LogP contribution in [0.1, 0.15) is 32.6 Å². The molecular weight excluding hydrogens is 524 g/mol. The van der Waals surface area contributed by atoms with E-state index in [0.717, 1.165) is 33.7 Å². The molecule has 1 aromatic heterocycles. The summed E-state index contributed by atoms with van der Waals surface area (Å²) in [7, 11) is 1.63. The summed E-state index contributed by atoms with van der Waals surface area (Å²) in [5.74, 6) is 0.558. The zero-order chi connectivity index (χ0) is 29.6. The molecular formula is C35H34N4O3. The molecule has 0 spiro atoms. The molecule has 42 heavy (non-hydrogen) atoms. The minimum absolute atomic E-state index is 0.140. The minimum atomic E-state index is -0.344. The van der Waals surface area contributed by atoms with Gasteiger partial charge in [-0.05, 0) is 86.0 Å². The predicted octanol–water partition coefficient (Wildman–Crippen LogP) is 6.75. The molecule has 5 aromatic rings. The molecule has 0 fully saturated rings. The zero-order valence-corrected chi connectivity index (χ0v) is 24.3. The summed E-state index contributed by atoms with van der Waals surface area (Å²) in [5.41, 5.74) is 7.28. The number of aryl methyl sites for hydroxylation is 3. The number of methoxy groups -OCH3 is 1. The van der Waals surface area contributed by atoms with Crippen molar-refractivity contribution >= 4 is 17.8 Å². The normalized spacial score (nSPS) is 10.8. The van der Waals surface area contributed by atoms with Gasteiger partial charge >= 0.3 is 0 Å². The van der Waals surface area contributed by atoms with Crippen molar-refractivity contribution in [3.8, 4) is 22.7 Å². The third-order valence-electron chi connectivity index (χ3n) is 7.25. The number of carbonyl (C=O) groups is 2. The summed E-state index contributed by atoms with van der Waals surface area (Å²) in [6, 6.07) is 30.8. The number of rotatable bonds is 9. The maximum atomic E-state index is 13.6. The van der Waals surface area contributed by atoms with Gasteiger partial charge in [-0.25, -0.2) is 4.98 Å². The molecule has 1 N–H and O–H groups in total. The SMILES string of the molecule is COc1ccc(-c2cn(-c3ccc(C)c(C)c3)c(NC(=O)CN(Cc3ccccc3)C(=O)c3ccc(C)cc3)n2)cc1. The van der Waals surface area contributed by atoms with Crippen LogP contribution in [-0.2, 0) is 11.3 Å². The summed E-state index contributed by atoms with van der Waals surface area (Å²) in [6.07, 6.45) is 1.90. The first-order valence-corrected chi connectivity index (χ1v) is 13.8. The highest BCUT2D eigenvalue weighted by molar-refractivity contribution is 5.99. The van der Waals surface area contributed by atoms with Gasteiger partial charge in [-0.1, -0.05) is 54.1 Å². The van der Waals surface area contributed by atoms with Crippen molar-refractivity contribution < 1.29 is 14.3 Å². The van der Waals surface area contributed by atoms with Crippen LogP contribution in [0.3, 0.4) is 0 Å². The van der Waals surface area contributed by atoms with E-state index in [-0.39, 0.29) is 18.4 Å². The Bertz CT molecular complexity index is 1690. The molecule has 212 valence electrons. The second-order valence-corrected chi connectivity index (χ2v) is 10.4. The molecule has 2 amide bonds. The number of nitrogens with one attached hydrogen (secondary N) is 1. The van der Waals surface area contributed by atoms with Gasteiger partial charge in [-0.15, -0.1) is 0 Å². The largest absolute Gasteiger partial charge is 0.497 e. The lowest BCUT2D eigenvalue weighted by molar-refractivity contribution is -0.117. The Morgan fingerprint density at radius 1 is 0.857 bits per heavy atom. The number of hydrogen-bond donors (Lipinski definition) is 1. The van der Waals surface area contributed by atoms with Crippen LogP contribution in [0, 0.1) is 20.8 Å². The third-order valence-corrected chi connectivity index (χ3v) is 7.25. The van der Waals surface area contributed by atoms with E-state index in [0.29, 0.717) is 23.8 Å². The summed E-state index contributed by atoms with van der Waals surface area (Å²) in [5, 5.41) is 2.98. The van der Waals surface area contributed by atoms with E-state index < -0.39 is 0 Å². The summed E-state index contributed by atoms with van der Waals surface area (Å²) >= 11 is 0. The van der Waals surface area contributed by atoms with Gasteiger partial charge < -0.3 is 9.64 Å². The molecule has 0 aliphatic heterocycles. The fraction of sp³-hybridized carbons (Fsp3) is 0.171. The molecule has 0 saturated heterocycles. The van der Waals surface area contributed by atoms with Crippen molar-refractivity contribution in [1.29, 1.82) is 0 Å². The first-order valence-electron chi connectivity index (χ1n) is 13.8. The van der Waals surface area contributed by atoms with Crippen LogP contribution in [0.2, 0.25) is 0 Å². The molecule has 0 aliphatic carbocycles. The summed E-state index contributed by atoms with van der Waals surface area (Å²) < 4.78 is 7.17. The van der Waals surface area contributed by atoms with Crippen LogP contribution in [0.15, 0.2) is 103 Å². The Balaban J connectivity index is 1.45. The van der Waals surface area contributed by atoms with E-state index >= 15 is 0 Å². The molecule has 0 unspecified atom stereocenters. The van der Waals surface area contributed by atoms with Gasteiger partial charge in [-0.3, -0.25) is 19.5 Å². The maximum absolute atomic E-state index is 13.6. The predicted molar refractivity (Wildman–Crippen MR) is 166 cm³/mol. The molecule has 5 rings (SSSR count). The Kier molecular flexibility index (Phi) is 8.48. The Morgan fingerprint density at radius 3 is 2.24 bits per heavy atom. The lowest BCUT2D eigenvalue weighted by Gasteiger charge is -2.23. The van der Waals surface area contributed by atoms with Crippen LogP contribution in [0.25, 0.3) is 16.9 Å². The third kappa shape index (κ3) is 6.58. The van der Waals surface area contributed by atoms with Crippen molar-refractivity contribution in [3.63, 3.8) is 0 Å². The van der Waals surface area contributed by atoms with Crippen molar-refractivity contribution in [1.82, 2.24) is 14.5 Å². The number of benzene rings is 4. The number of nitrogens with zero attached hydrogens (tertiary/aromatic N) is 3.